The van der Waals surface area contributed by atoms with Crippen molar-refractivity contribution in [3.63, 3.8) is 0 Å². The molecule has 0 atom stereocenters. The van der Waals surface area contributed by atoms with Gasteiger partial charge in [0.15, 0.2) is 10.9 Å². The molecule has 1 aromatic carbocycles. The average Bonchev–Trinajstić information content (AvgIpc) is 2.90. The normalized spacial score (nSPS) is 15.4. The summed E-state index contributed by atoms with van der Waals surface area (Å²) in [4.78, 5) is 27.1. The summed E-state index contributed by atoms with van der Waals surface area (Å²) in [6, 6.07) is 7.27. The van der Waals surface area contributed by atoms with Gasteiger partial charge in [-0.2, -0.15) is 0 Å². The van der Waals surface area contributed by atoms with Crippen LogP contribution in [-0.4, -0.2) is 32.9 Å². The molecule has 8 heteroatoms. The second-order valence-corrected chi connectivity index (χ2v) is 7.40. The molecule has 0 radical (unpaired) electrons. The van der Waals surface area contributed by atoms with Gasteiger partial charge in [0.2, 0.25) is 5.91 Å². The Kier molecular flexibility index (Phi) is 6.27. The molecule has 1 saturated carbocycles. The molecule has 0 spiro atoms. The molecular weight excluding hydrogens is 350 g/mol. The van der Waals surface area contributed by atoms with E-state index in [-0.39, 0.29) is 29.0 Å². The van der Waals surface area contributed by atoms with Crippen molar-refractivity contribution < 1.29 is 4.79 Å². The van der Waals surface area contributed by atoms with E-state index < -0.39 is 0 Å². The maximum Gasteiger partial charge on any atom is 0.278 e. The van der Waals surface area contributed by atoms with Crippen molar-refractivity contribution in [2.45, 2.75) is 49.7 Å². The quantitative estimate of drug-likeness (QED) is 0.421. The first-order valence-corrected chi connectivity index (χ1v) is 9.86. The van der Waals surface area contributed by atoms with E-state index in [0.29, 0.717) is 16.4 Å². The van der Waals surface area contributed by atoms with Crippen molar-refractivity contribution in [1.82, 2.24) is 20.5 Å². The van der Waals surface area contributed by atoms with Crippen molar-refractivity contribution >= 4 is 23.4 Å². The van der Waals surface area contributed by atoms with E-state index >= 15 is 0 Å². The number of aromatic amines is 1. The van der Waals surface area contributed by atoms with Gasteiger partial charge in [0.25, 0.3) is 5.56 Å². The molecular formula is C18H23N5O2S. The largest absolute Gasteiger partial charge is 0.398 e. The topological polar surface area (TPSA) is 114 Å². The Balaban J connectivity index is 1.59. The summed E-state index contributed by atoms with van der Waals surface area (Å²) in [7, 11) is 0. The Hall–Kier alpha value is -2.35. The summed E-state index contributed by atoms with van der Waals surface area (Å²) < 4.78 is 0. The van der Waals surface area contributed by atoms with Crippen LogP contribution >= 0.6 is 11.8 Å². The average molecular weight is 373 g/mol. The highest BCUT2D eigenvalue weighted by molar-refractivity contribution is 7.99. The summed E-state index contributed by atoms with van der Waals surface area (Å²) in [6.07, 6.45) is 6.91. The van der Waals surface area contributed by atoms with E-state index in [0.717, 1.165) is 12.8 Å². The van der Waals surface area contributed by atoms with Gasteiger partial charge in [-0.25, -0.2) is 0 Å². The number of rotatable bonds is 5. The number of nitrogens with one attached hydrogen (secondary N) is 2. The number of hydrogen-bond acceptors (Lipinski definition) is 6. The van der Waals surface area contributed by atoms with E-state index in [9.17, 15) is 9.59 Å². The zero-order valence-corrected chi connectivity index (χ0v) is 15.3. The fraction of sp³-hybridized carbons (Fsp3) is 0.444. The van der Waals surface area contributed by atoms with E-state index in [1.54, 1.807) is 24.3 Å². The number of carbonyl (C=O) groups is 1. The summed E-state index contributed by atoms with van der Waals surface area (Å²) in [6.45, 7) is 0. The highest BCUT2D eigenvalue weighted by atomic mass is 32.2. The molecule has 1 fully saturated rings. The molecule has 7 nitrogen and oxygen atoms in total. The predicted molar refractivity (Wildman–Crippen MR) is 103 cm³/mol. The predicted octanol–water partition coefficient (Wildman–Crippen LogP) is 2.35. The van der Waals surface area contributed by atoms with Crippen molar-refractivity contribution in [1.29, 1.82) is 0 Å². The zero-order valence-electron chi connectivity index (χ0n) is 14.5. The molecule has 4 N–H and O–H groups in total. The summed E-state index contributed by atoms with van der Waals surface area (Å²) in [5.41, 5.74) is 6.70. The van der Waals surface area contributed by atoms with Crippen molar-refractivity contribution in [3.8, 4) is 11.3 Å². The number of nitrogen functional groups attached to an aromatic ring is 1. The Morgan fingerprint density at radius 3 is 2.62 bits per heavy atom. The molecule has 1 aliphatic rings. The van der Waals surface area contributed by atoms with E-state index in [2.05, 4.69) is 20.5 Å². The molecule has 1 amide bonds. The first-order valence-electron chi connectivity index (χ1n) is 8.87. The number of para-hydroxylation sites is 1. The van der Waals surface area contributed by atoms with Crippen LogP contribution in [-0.2, 0) is 4.79 Å². The van der Waals surface area contributed by atoms with Crippen molar-refractivity contribution in [2.24, 2.45) is 0 Å². The second kappa shape index (κ2) is 8.84. The highest BCUT2D eigenvalue weighted by Crippen LogP contribution is 2.21. The van der Waals surface area contributed by atoms with Gasteiger partial charge in [0, 0.05) is 17.3 Å². The standard InChI is InChI=1S/C18H23N5O2S/c19-14-10-6-5-9-13(14)16-17(25)21-18(23-22-16)26-11-15(24)20-12-7-3-1-2-4-8-12/h5-6,9-10,12H,1-4,7-8,11,19H2,(H,20,24)(H,21,23,25). The third-order valence-corrected chi connectivity index (χ3v) is 5.32. The van der Waals surface area contributed by atoms with Crippen LogP contribution in [0.15, 0.2) is 34.2 Å². The second-order valence-electron chi connectivity index (χ2n) is 6.44. The number of thioether (sulfide) groups is 1. The maximum absolute atomic E-state index is 12.3. The molecule has 1 aromatic heterocycles. The monoisotopic (exact) mass is 373 g/mol. The Morgan fingerprint density at radius 2 is 1.92 bits per heavy atom. The number of benzene rings is 1. The minimum atomic E-state index is -0.371. The van der Waals surface area contributed by atoms with Gasteiger partial charge >= 0.3 is 0 Å². The minimum absolute atomic E-state index is 0.0408. The number of anilines is 1. The lowest BCUT2D eigenvalue weighted by Crippen LogP contribution is -2.35. The molecule has 138 valence electrons. The van der Waals surface area contributed by atoms with E-state index in [1.807, 2.05) is 0 Å². The number of carbonyl (C=O) groups excluding carboxylic acids is 1. The zero-order chi connectivity index (χ0) is 18.4. The SMILES string of the molecule is Nc1ccccc1-c1nnc(SCC(=O)NC2CCCCCC2)[nH]c1=O. The van der Waals surface area contributed by atoms with Crippen LogP contribution in [0.3, 0.4) is 0 Å². The molecule has 0 bridgehead atoms. The van der Waals surface area contributed by atoms with E-state index in [4.69, 9.17) is 5.73 Å². The number of amides is 1. The first kappa shape index (κ1) is 18.4. The Labute approximate surface area is 156 Å². The van der Waals surface area contributed by atoms with Crippen LogP contribution in [0.5, 0.6) is 0 Å². The smallest absolute Gasteiger partial charge is 0.278 e. The number of H-pyrrole nitrogens is 1. The fourth-order valence-corrected chi connectivity index (χ4v) is 3.72. The number of nitrogens with zero attached hydrogens (tertiary/aromatic N) is 2. The van der Waals surface area contributed by atoms with Crippen LogP contribution in [0.25, 0.3) is 11.3 Å². The number of aromatic nitrogens is 3. The van der Waals surface area contributed by atoms with Crippen LogP contribution in [0.1, 0.15) is 38.5 Å². The number of hydrogen-bond donors (Lipinski definition) is 3. The molecule has 3 rings (SSSR count). The Morgan fingerprint density at radius 1 is 1.19 bits per heavy atom. The number of nitrogens with two attached hydrogens (primary N) is 1. The van der Waals surface area contributed by atoms with Gasteiger partial charge in [-0.05, 0) is 18.9 Å². The van der Waals surface area contributed by atoms with E-state index in [1.165, 1.54) is 37.4 Å². The summed E-state index contributed by atoms with van der Waals surface area (Å²) in [5, 5.41) is 11.4. The molecule has 1 aliphatic carbocycles. The third-order valence-electron chi connectivity index (χ3n) is 4.45. The molecule has 0 saturated heterocycles. The molecule has 2 aromatic rings. The molecule has 0 unspecified atom stereocenters. The van der Waals surface area contributed by atoms with Gasteiger partial charge in [-0.1, -0.05) is 55.6 Å². The molecule has 1 heterocycles. The lowest BCUT2D eigenvalue weighted by atomic mass is 10.1. The van der Waals surface area contributed by atoms with Gasteiger partial charge in [-0.15, -0.1) is 10.2 Å². The van der Waals surface area contributed by atoms with Gasteiger partial charge in [-0.3, -0.25) is 14.6 Å². The minimum Gasteiger partial charge on any atom is -0.398 e. The van der Waals surface area contributed by atoms with Crippen LogP contribution in [0.4, 0.5) is 5.69 Å². The Bertz CT molecular complexity index is 815. The fourth-order valence-electron chi connectivity index (χ4n) is 3.10. The van der Waals surface area contributed by atoms with Crippen molar-refractivity contribution in [3.05, 3.63) is 34.6 Å². The van der Waals surface area contributed by atoms with Gasteiger partial charge < -0.3 is 11.1 Å². The molecule has 26 heavy (non-hydrogen) atoms. The lowest BCUT2D eigenvalue weighted by molar-refractivity contribution is -0.119. The lowest BCUT2D eigenvalue weighted by Gasteiger charge is -2.15. The summed E-state index contributed by atoms with van der Waals surface area (Å²) >= 11 is 1.17. The first-order chi connectivity index (χ1) is 12.6. The molecule has 0 aliphatic heterocycles. The highest BCUT2D eigenvalue weighted by Gasteiger charge is 2.16. The van der Waals surface area contributed by atoms with Crippen LogP contribution in [0.2, 0.25) is 0 Å². The van der Waals surface area contributed by atoms with Crippen LogP contribution in [0, 0.1) is 0 Å². The summed E-state index contributed by atoms with van der Waals surface area (Å²) in [5.74, 6) is 0.162. The van der Waals surface area contributed by atoms with Crippen LogP contribution < -0.4 is 16.6 Å². The maximum atomic E-state index is 12.3. The van der Waals surface area contributed by atoms with Gasteiger partial charge in [0.05, 0.1) is 5.75 Å². The van der Waals surface area contributed by atoms with Crippen molar-refractivity contribution in [2.75, 3.05) is 11.5 Å². The van der Waals surface area contributed by atoms with Gasteiger partial charge in [0.1, 0.15) is 0 Å². The third kappa shape index (κ3) is 4.85.